The Labute approximate surface area is 166 Å². The van der Waals surface area contributed by atoms with Crippen molar-refractivity contribution in [3.63, 3.8) is 0 Å². The van der Waals surface area contributed by atoms with E-state index in [4.69, 9.17) is 0 Å². The molecule has 28 heavy (non-hydrogen) atoms. The molecule has 0 saturated heterocycles. The summed E-state index contributed by atoms with van der Waals surface area (Å²) in [5.74, 6) is 0.0192. The van der Waals surface area contributed by atoms with E-state index in [1.54, 1.807) is 0 Å². The zero-order valence-corrected chi connectivity index (χ0v) is 17.0. The molecule has 1 aliphatic carbocycles. The van der Waals surface area contributed by atoms with Gasteiger partial charge in [0.25, 0.3) is 0 Å². The molecular formula is C22H25N3O2S. The smallest absolute Gasteiger partial charge is 0.208 e. The molecule has 2 aromatic carbocycles. The van der Waals surface area contributed by atoms with Crippen LogP contribution in [0, 0.1) is 0 Å². The average molecular weight is 396 g/mol. The lowest BCUT2D eigenvalue weighted by molar-refractivity contribution is 0.422. The summed E-state index contributed by atoms with van der Waals surface area (Å²) < 4.78 is 28.5. The van der Waals surface area contributed by atoms with Crippen molar-refractivity contribution in [2.45, 2.75) is 31.2 Å². The highest BCUT2D eigenvalue weighted by atomic mass is 32.2. The predicted molar refractivity (Wildman–Crippen MR) is 112 cm³/mol. The molecule has 146 valence electrons. The largest absolute Gasteiger partial charge is 0.275 e. The summed E-state index contributed by atoms with van der Waals surface area (Å²) in [5, 5.41) is 4.67. The van der Waals surface area contributed by atoms with Gasteiger partial charge in [0.2, 0.25) is 10.0 Å². The van der Waals surface area contributed by atoms with Crippen LogP contribution in [0.4, 0.5) is 0 Å². The Kier molecular flexibility index (Phi) is 5.08. The fourth-order valence-electron chi connectivity index (χ4n) is 4.18. The molecule has 2 atom stereocenters. The van der Waals surface area contributed by atoms with Gasteiger partial charge in [0.1, 0.15) is 0 Å². The molecule has 3 aromatic rings. The van der Waals surface area contributed by atoms with E-state index >= 15 is 0 Å². The molecule has 0 radical (unpaired) electrons. The van der Waals surface area contributed by atoms with Crippen molar-refractivity contribution in [2.24, 2.45) is 7.05 Å². The minimum absolute atomic E-state index is 0.0192. The van der Waals surface area contributed by atoms with Crippen LogP contribution in [0.3, 0.4) is 0 Å². The van der Waals surface area contributed by atoms with Crippen LogP contribution in [-0.2, 0) is 29.9 Å². The van der Waals surface area contributed by atoms with Gasteiger partial charge in [-0.3, -0.25) is 4.68 Å². The van der Waals surface area contributed by atoms with Crippen molar-refractivity contribution < 1.29 is 8.42 Å². The molecule has 6 heteroatoms. The lowest BCUT2D eigenvalue weighted by atomic mass is 9.80. The standard InChI is InChI=1S/C22H25N3O2S/c1-25-15-19-11-12-21(24-28(2,26)27)20(22(19)23-25)14-16-7-6-10-18(13-16)17-8-4-3-5-9-17/h3-10,13,15,20-21,24H,11-12,14H2,1-2H3/t20-,21-/m0/s1. The van der Waals surface area contributed by atoms with E-state index < -0.39 is 10.0 Å². The lowest BCUT2D eigenvalue weighted by Crippen LogP contribution is -2.42. The van der Waals surface area contributed by atoms with Crippen LogP contribution in [0.2, 0.25) is 0 Å². The van der Waals surface area contributed by atoms with Crippen LogP contribution >= 0.6 is 0 Å². The number of aryl methyl sites for hydroxylation is 2. The van der Waals surface area contributed by atoms with Crippen LogP contribution in [0.1, 0.15) is 29.2 Å². The third-order valence-electron chi connectivity index (χ3n) is 5.35. The fourth-order valence-corrected chi connectivity index (χ4v) is 5.01. The van der Waals surface area contributed by atoms with E-state index in [1.165, 1.54) is 28.5 Å². The maximum atomic E-state index is 11.9. The second-order valence-corrected chi connectivity index (χ2v) is 9.41. The Morgan fingerprint density at radius 3 is 2.61 bits per heavy atom. The molecular weight excluding hydrogens is 370 g/mol. The highest BCUT2D eigenvalue weighted by molar-refractivity contribution is 7.88. The quantitative estimate of drug-likeness (QED) is 0.721. The van der Waals surface area contributed by atoms with Crippen molar-refractivity contribution in [1.82, 2.24) is 14.5 Å². The van der Waals surface area contributed by atoms with Gasteiger partial charge >= 0.3 is 0 Å². The number of aromatic nitrogens is 2. The minimum atomic E-state index is -3.28. The molecule has 0 fully saturated rings. The molecule has 0 spiro atoms. The van der Waals surface area contributed by atoms with Gasteiger partial charge in [-0.25, -0.2) is 13.1 Å². The van der Waals surface area contributed by atoms with Crippen LogP contribution in [0.5, 0.6) is 0 Å². The van der Waals surface area contributed by atoms with E-state index in [-0.39, 0.29) is 12.0 Å². The van der Waals surface area contributed by atoms with Crippen LogP contribution in [0.15, 0.2) is 60.8 Å². The number of benzene rings is 2. The number of nitrogens with one attached hydrogen (secondary N) is 1. The molecule has 1 aliphatic rings. The number of hydrogen-bond donors (Lipinski definition) is 1. The van der Waals surface area contributed by atoms with Crippen molar-refractivity contribution in [3.8, 4) is 11.1 Å². The molecule has 1 heterocycles. The number of sulfonamides is 1. The Hall–Kier alpha value is -2.44. The van der Waals surface area contributed by atoms with Crippen molar-refractivity contribution in [1.29, 1.82) is 0 Å². The van der Waals surface area contributed by atoms with Gasteiger partial charge in [-0.05, 0) is 41.5 Å². The number of nitrogens with zero attached hydrogens (tertiary/aromatic N) is 2. The van der Waals surface area contributed by atoms with Crippen molar-refractivity contribution >= 4 is 10.0 Å². The first-order valence-electron chi connectivity index (χ1n) is 9.53. The van der Waals surface area contributed by atoms with Crippen LogP contribution < -0.4 is 4.72 Å². The zero-order valence-electron chi connectivity index (χ0n) is 16.2. The Morgan fingerprint density at radius 2 is 1.86 bits per heavy atom. The maximum Gasteiger partial charge on any atom is 0.208 e. The van der Waals surface area contributed by atoms with E-state index in [0.717, 1.165) is 25.0 Å². The third kappa shape index (κ3) is 4.18. The van der Waals surface area contributed by atoms with Gasteiger partial charge in [0.05, 0.1) is 11.9 Å². The number of fused-ring (bicyclic) bond motifs is 1. The first-order valence-corrected chi connectivity index (χ1v) is 11.4. The normalized spacial score (nSPS) is 19.4. The molecule has 1 N–H and O–H groups in total. The van der Waals surface area contributed by atoms with E-state index in [9.17, 15) is 8.42 Å². The van der Waals surface area contributed by atoms with Crippen molar-refractivity contribution in [3.05, 3.63) is 77.6 Å². The molecule has 5 nitrogen and oxygen atoms in total. The Balaban J connectivity index is 1.67. The first kappa shape index (κ1) is 18.9. The summed E-state index contributed by atoms with van der Waals surface area (Å²) in [7, 11) is -1.36. The zero-order chi connectivity index (χ0) is 19.7. The van der Waals surface area contributed by atoms with Crippen LogP contribution in [-0.4, -0.2) is 30.5 Å². The molecule has 0 bridgehead atoms. The first-order chi connectivity index (χ1) is 13.4. The van der Waals surface area contributed by atoms with Gasteiger partial charge in [-0.15, -0.1) is 0 Å². The summed E-state index contributed by atoms with van der Waals surface area (Å²) in [4.78, 5) is 0. The second-order valence-electron chi connectivity index (χ2n) is 7.63. The highest BCUT2D eigenvalue weighted by Gasteiger charge is 2.33. The van der Waals surface area contributed by atoms with E-state index in [1.807, 2.05) is 29.9 Å². The monoisotopic (exact) mass is 395 g/mol. The van der Waals surface area contributed by atoms with E-state index in [2.05, 4.69) is 52.4 Å². The molecule has 4 rings (SSSR count). The average Bonchev–Trinajstić information content (AvgIpc) is 3.04. The summed E-state index contributed by atoms with van der Waals surface area (Å²) in [5.41, 5.74) is 5.77. The lowest BCUT2D eigenvalue weighted by Gasteiger charge is -2.31. The number of rotatable bonds is 5. The summed E-state index contributed by atoms with van der Waals surface area (Å²) in [6.07, 6.45) is 5.66. The van der Waals surface area contributed by atoms with E-state index in [0.29, 0.717) is 0 Å². The molecule has 0 saturated carbocycles. The Morgan fingerprint density at radius 1 is 1.11 bits per heavy atom. The second kappa shape index (κ2) is 7.53. The maximum absolute atomic E-state index is 11.9. The minimum Gasteiger partial charge on any atom is -0.275 e. The molecule has 0 aliphatic heterocycles. The fraction of sp³-hybridized carbons (Fsp3) is 0.318. The highest BCUT2D eigenvalue weighted by Crippen LogP contribution is 2.34. The summed E-state index contributed by atoms with van der Waals surface area (Å²) >= 11 is 0. The van der Waals surface area contributed by atoms with Crippen LogP contribution in [0.25, 0.3) is 11.1 Å². The number of hydrogen-bond acceptors (Lipinski definition) is 3. The molecule has 1 aromatic heterocycles. The Bertz CT molecular complexity index is 1070. The SMILES string of the molecule is Cn1cc2c(n1)[C@@H](Cc1cccc(-c3ccccc3)c1)[C@@H](NS(C)(=O)=O)CC2. The summed E-state index contributed by atoms with van der Waals surface area (Å²) in [6.45, 7) is 0. The topological polar surface area (TPSA) is 64.0 Å². The van der Waals surface area contributed by atoms with Gasteiger partial charge in [-0.2, -0.15) is 5.10 Å². The predicted octanol–water partition coefficient (Wildman–Crippen LogP) is 3.28. The third-order valence-corrected chi connectivity index (χ3v) is 6.08. The van der Waals surface area contributed by atoms with Gasteiger partial charge in [-0.1, -0.05) is 54.6 Å². The van der Waals surface area contributed by atoms with Gasteiger partial charge in [0.15, 0.2) is 0 Å². The van der Waals surface area contributed by atoms with Gasteiger partial charge < -0.3 is 0 Å². The van der Waals surface area contributed by atoms with Crippen molar-refractivity contribution in [2.75, 3.05) is 6.26 Å². The molecule has 0 amide bonds. The van der Waals surface area contributed by atoms with Gasteiger partial charge in [0, 0.05) is 25.2 Å². The molecule has 0 unspecified atom stereocenters. The summed E-state index contributed by atoms with van der Waals surface area (Å²) in [6, 6.07) is 18.6.